The minimum Gasteiger partial charge on any atom is -0.334 e. The van der Waals surface area contributed by atoms with Crippen molar-refractivity contribution in [2.75, 3.05) is 20.1 Å². The van der Waals surface area contributed by atoms with Crippen LogP contribution in [0.25, 0.3) is 0 Å². The minimum atomic E-state index is -4.58. The summed E-state index contributed by atoms with van der Waals surface area (Å²) in [4.78, 5) is 19.6. The van der Waals surface area contributed by atoms with Crippen molar-refractivity contribution in [3.05, 3.63) is 29.6 Å². The van der Waals surface area contributed by atoms with Crippen LogP contribution in [0.15, 0.2) is 18.3 Å². The Morgan fingerprint density at radius 1 is 1.29 bits per heavy atom. The van der Waals surface area contributed by atoms with Gasteiger partial charge < -0.3 is 4.90 Å². The van der Waals surface area contributed by atoms with E-state index in [-0.39, 0.29) is 12.1 Å². The quantitative estimate of drug-likeness (QED) is 0.798. The lowest BCUT2D eigenvalue weighted by atomic mass is 10.1. The van der Waals surface area contributed by atoms with Gasteiger partial charge in [-0.25, -0.2) is 0 Å². The lowest BCUT2D eigenvalue weighted by molar-refractivity contribution is -0.138. The number of pyridine rings is 1. The maximum atomic E-state index is 13.0. The molecular weight excluding hydrogens is 283 g/mol. The molecule has 7 heteroatoms. The normalized spacial score (nSPS) is 24.2. The predicted octanol–water partition coefficient (Wildman–Crippen LogP) is 2.27. The number of piperazine rings is 1. The molecular formula is C14H18F3N3O. The number of rotatable bonds is 1. The van der Waals surface area contributed by atoms with Crippen LogP contribution in [0.4, 0.5) is 13.2 Å². The predicted molar refractivity (Wildman–Crippen MR) is 71.8 cm³/mol. The molecule has 2 atom stereocenters. The van der Waals surface area contributed by atoms with E-state index in [0.717, 1.165) is 6.07 Å². The minimum absolute atomic E-state index is 0.0933. The van der Waals surface area contributed by atoms with Crippen LogP contribution < -0.4 is 0 Å². The largest absolute Gasteiger partial charge is 0.418 e. The highest BCUT2D eigenvalue weighted by molar-refractivity contribution is 5.94. The molecule has 2 heterocycles. The average molecular weight is 301 g/mol. The van der Waals surface area contributed by atoms with Crippen LogP contribution in [0.1, 0.15) is 29.9 Å². The molecule has 0 spiro atoms. The van der Waals surface area contributed by atoms with Gasteiger partial charge in [-0.2, -0.15) is 13.2 Å². The lowest BCUT2D eigenvalue weighted by Gasteiger charge is -2.42. The number of hydrogen-bond acceptors (Lipinski definition) is 3. The molecule has 21 heavy (non-hydrogen) atoms. The molecule has 0 N–H and O–H groups in total. The molecule has 116 valence electrons. The molecule has 4 nitrogen and oxygen atoms in total. The zero-order chi connectivity index (χ0) is 15.8. The molecule has 1 aliphatic heterocycles. The fraction of sp³-hybridized carbons (Fsp3) is 0.571. The summed E-state index contributed by atoms with van der Waals surface area (Å²) in [5.41, 5.74) is -1.50. The van der Waals surface area contributed by atoms with E-state index in [1.807, 2.05) is 20.9 Å². The summed E-state index contributed by atoms with van der Waals surface area (Å²) >= 11 is 0. The lowest BCUT2D eigenvalue weighted by Crippen LogP contribution is -2.56. The Bertz CT molecular complexity index is 520. The second-order valence-electron chi connectivity index (χ2n) is 5.47. The Kier molecular flexibility index (Phi) is 4.22. The monoisotopic (exact) mass is 301 g/mol. The first kappa shape index (κ1) is 15.8. The van der Waals surface area contributed by atoms with E-state index in [9.17, 15) is 18.0 Å². The van der Waals surface area contributed by atoms with E-state index >= 15 is 0 Å². The van der Waals surface area contributed by atoms with Gasteiger partial charge in [0, 0.05) is 31.4 Å². The molecule has 0 aromatic carbocycles. The molecule has 2 rings (SSSR count). The van der Waals surface area contributed by atoms with Crippen molar-refractivity contribution >= 4 is 5.91 Å². The van der Waals surface area contributed by atoms with E-state index in [4.69, 9.17) is 0 Å². The molecule has 1 amide bonds. The van der Waals surface area contributed by atoms with Crippen molar-refractivity contribution in [3.63, 3.8) is 0 Å². The summed E-state index contributed by atoms with van der Waals surface area (Å²) in [6, 6.07) is 2.27. The zero-order valence-electron chi connectivity index (χ0n) is 12.2. The van der Waals surface area contributed by atoms with Crippen LogP contribution in [0.5, 0.6) is 0 Å². The van der Waals surface area contributed by atoms with Crippen molar-refractivity contribution in [2.24, 2.45) is 0 Å². The molecule has 0 radical (unpaired) electrons. The van der Waals surface area contributed by atoms with E-state index in [2.05, 4.69) is 9.88 Å². The number of carbonyl (C=O) groups excluding carboxylic acids is 1. The van der Waals surface area contributed by atoms with Crippen molar-refractivity contribution < 1.29 is 18.0 Å². The highest BCUT2D eigenvalue weighted by Crippen LogP contribution is 2.31. The maximum absolute atomic E-state index is 13.0. The number of alkyl halides is 3. The smallest absolute Gasteiger partial charge is 0.334 e. The van der Waals surface area contributed by atoms with Crippen LogP contribution in [0.3, 0.4) is 0 Å². The first-order valence-electron chi connectivity index (χ1n) is 6.75. The summed E-state index contributed by atoms with van der Waals surface area (Å²) in [6.07, 6.45) is -3.37. The SMILES string of the molecule is C[C@@H]1CN(C(=O)c2ncccc2C(F)(F)F)C[C@H](C)N1C. The molecule has 1 aromatic rings. The van der Waals surface area contributed by atoms with Gasteiger partial charge in [-0.3, -0.25) is 14.7 Å². The second kappa shape index (κ2) is 5.63. The standard InChI is InChI=1S/C14H18F3N3O/c1-9-7-20(8-10(2)19(9)3)13(21)12-11(14(15,16)17)5-4-6-18-12/h4-6,9-10H,7-8H2,1-3H3/t9-,10+. The topological polar surface area (TPSA) is 36.4 Å². The van der Waals surface area contributed by atoms with Gasteiger partial charge in [0.2, 0.25) is 0 Å². The van der Waals surface area contributed by atoms with E-state index in [0.29, 0.717) is 13.1 Å². The third kappa shape index (κ3) is 3.18. The molecule has 1 fully saturated rings. The summed E-state index contributed by atoms with van der Waals surface area (Å²) < 4.78 is 38.9. The van der Waals surface area contributed by atoms with Gasteiger partial charge in [0.05, 0.1) is 5.56 Å². The number of likely N-dealkylation sites (N-methyl/N-ethyl adjacent to an activating group) is 1. The van der Waals surface area contributed by atoms with Crippen LogP contribution in [-0.4, -0.2) is 52.9 Å². The number of nitrogens with zero attached hydrogens (tertiary/aromatic N) is 3. The summed E-state index contributed by atoms with van der Waals surface area (Å²) in [7, 11) is 1.94. The van der Waals surface area contributed by atoms with Crippen molar-refractivity contribution in [2.45, 2.75) is 32.1 Å². The third-order valence-corrected chi connectivity index (χ3v) is 3.96. The first-order valence-corrected chi connectivity index (χ1v) is 6.75. The maximum Gasteiger partial charge on any atom is 0.418 e. The van der Waals surface area contributed by atoms with Crippen LogP contribution in [-0.2, 0) is 6.18 Å². The van der Waals surface area contributed by atoms with E-state index < -0.39 is 23.3 Å². The number of halogens is 3. The van der Waals surface area contributed by atoms with Gasteiger partial charge in [0.1, 0.15) is 5.69 Å². The average Bonchev–Trinajstić information content (AvgIpc) is 2.42. The molecule has 0 bridgehead atoms. The van der Waals surface area contributed by atoms with Gasteiger partial charge in [-0.15, -0.1) is 0 Å². The van der Waals surface area contributed by atoms with Gasteiger partial charge in [0.25, 0.3) is 5.91 Å². The van der Waals surface area contributed by atoms with Crippen molar-refractivity contribution in [1.29, 1.82) is 0 Å². The molecule has 0 saturated carbocycles. The number of amides is 1. The Hall–Kier alpha value is -1.63. The van der Waals surface area contributed by atoms with Crippen molar-refractivity contribution in [3.8, 4) is 0 Å². The highest BCUT2D eigenvalue weighted by Gasteiger charge is 2.38. The van der Waals surface area contributed by atoms with Crippen LogP contribution in [0, 0.1) is 0 Å². The zero-order valence-corrected chi connectivity index (χ0v) is 12.2. The molecule has 1 saturated heterocycles. The fourth-order valence-corrected chi connectivity index (χ4v) is 2.52. The van der Waals surface area contributed by atoms with Crippen molar-refractivity contribution in [1.82, 2.24) is 14.8 Å². The molecule has 0 aliphatic carbocycles. The molecule has 1 aromatic heterocycles. The van der Waals surface area contributed by atoms with Gasteiger partial charge in [-0.1, -0.05) is 0 Å². The van der Waals surface area contributed by atoms with Crippen LogP contribution >= 0.6 is 0 Å². The number of aromatic nitrogens is 1. The highest BCUT2D eigenvalue weighted by atomic mass is 19.4. The Labute approximate surface area is 121 Å². The van der Waals surface area contributed by atoms with Gasteiger partial charge >= 0.3 is 6.18 Å². The fourth-order valence-electron chi connectivity index (χ4n) is 2.52. The summed E-state index contributed by atoms with van der Waals surface area (Å²) in [5, 5.41) is 0. The Morgan fingerprint density at radius 3 is 2.38 bits per heavy atom. The molecule has 0 unspecified atom stereocenters. The first-order chi connectivity index (χ1) is 9.71. The summed E-state index contributed by atoms with van der Waals surface area (Å²) in [5.74, 6) is -0.658. The van der Waals surface area contributed by atoms with Gasteiger partial charge in [-0.05, 0) is 33.0 Å². The summed E-state index contributed by atoms with van der Waals surface area (Å²) in [6.45, 7) is 4.68. The Balaban J connectivity index is 2.29. The number of hydrogen-bond donors (Lipinski definition) is 0. The second-order valence-corrected chi connectivity index (χ2v) is 5.47. The Morgan fingerprint density at radius 2 is 1.86 bits per heavy atom. The van der Waals surface area contributed by atoms with E-state index in [1.54, 1.807) is 0 Å². The van der Waals surface area contributed by atoms with Crippen LogP contribution in [0.2, 0.25) is 0 Å². The third-order valence-electron chi connectivity index (χ3n) is 3.96. The van der Waals surface area contributed by atoms with E-state index in [1.165, 1.54) is 17.2 Å². The van der Waals surface area contributed by atoms with Gasteiger partial charge in [0.15, 0.2) is 0 Å². The number of carbonyl (C=O) groups is 1. The molecule has 1 aliphatic rings.